The summed E-state index contributed by atoms with van der Waals surface area (Å²) in [6.45, 7) is 7.86. The van der Waals surface area contributed by atoms with Gasteiger partial charge in [0.05, 0.1) is 11.7 Å². The van der Waals surface area contributed by atoms with Crippen molar-refractivity contribution in [3.05, 3.63) is 18.0 Å². The topological polar surface area (TPSA) is 29.9 Å². The van der Waals surface area contributed by atoms with Gasteiger partial charge in [-0.15, -0.1) is 0 Å². The lowest BCUT2D eigenvalue weighted by Gasteiger charge is -2.17. The molecule has 1 aliphatic rings. The van der Waals surface area contributed by atoms with E-state index in [0.717, 1.165) is 31.7 Å². The van der Waals surface area contributed by atoms with Crippen LogP contribution in [0.1, 0.15) is 71.0 Å². The van der Waals surface area contributed by atoms with Gasteiger partial charge in [-0.3, -0.25) is 4.68 Å². The van der Waals surface area contributed by atoms with Crippen molar-refractivity contribution in [1.82, 2.24) is 15.1 Å². The van der Waals surface area contributed by atoms with Crippen molar-refractivity contribution in [2.45, 2.75) is 77.8 Å². The van der Waals surface area contributed by atoms with Gasteiger partial charge in [-0.05, 0) is 44.2 Å². The minimum absolute atomic E-state index is 0.564. The quantitative estimate of drug-likeness (QED) is 0.701. The van der Waals surface area contributed by atoms with E-state index < -0.39 is 0 Å². The van der Waals surface area contributed by atoms with Gasteiger partial charge in [-0.25, -0.2) is 0 Å². The maximum atomic E-state index is 4.80. The van der Waals surface area contributed by atoms with E-state index in [1.54, 1.807) is 0 Å². The molecule has 1 aromatic rings. The lowest BCUT2D eigenvalue weighted by Crippen LogP contribution is -2.32. The second kappa shape index (κ2) is 7.82. The molecule has 1 aromatic heterocycles. The lowest BCUT2D eigenvalue weighted by atomic mass is 10.0. The molecular weight excluding hydrogens is 246 g/mol. The van der Waals surface area contributed by atoms with Crippen LogP contribution in [0.15, 0.2) is 12.3 Å². The van der Waals surface area contributed by atoms with Crippen molar-refractivity contribution in [2.75, 3.05) is 6.54 Å². The Hall–Kier alpha value is -0.830. The van der Waals surface area contributed by atoms with Gasteiger partial charge in [0, 0.05) is 18.7 Å². The fourth-order valence-electron chi connectivity index (χ4n) is 2.95. The van der Waals surface area contributed by atoms with Crippen molar-refractivity contribution in [1.29, 1.82) is 0 Å². The molecule has 0 aromatic carbocycles. The number of nitrogens with zero attached hydrogens (tertiary/aromatic N) is 2. The van der Waals surface area contributed by atoms with Crippen LogP contribution in [0.3, 0.4) is 0 Å². The average molecular weight is 277 g/mol. The molecular formula is C17H31N3. The maximum Gasteiger partial charge on any atom is 0.0640 e. The van der Waals surface area contributed by atoms with Crippen LogP contribution >= 0.6 is 0 Å². The Morgan fingerprint density at radius 3 is 2.65 bits per heavy atom. The maximum absolute atomic E-state index is 4.80. The molecule has 20 heavy (non-hydrogen) atoms. The van der Waals surface area contributed by atoms with Crippen molar-refractivity contribution in [3.63, 3.8) is 0 Å². The highest BCUT2D eigenvalue weighted by Gasteiger charge is 2.25. The summed E-state index contributed by atoms with van der Waals surface area (Å²) in [5.41, 5.74) is 1.26. The zero-order valence-corrected chi connectivity index (χ0v) is 13.4. The molecule has 1 atom stereocenters. The Labute approximate surface area is 124 Å². The Balaban J connectivity index is 1.91. The number of hydrogen-bond donors (Lipinski definition) is 1. The number of nitrogens with one attached hydrogen (secondary N) is 1. The molecule has 0 saturated heterocycles. The van der Waals surface area contributed by atoms with Gasteiger partial charge in [0.15, 0.2) is 0 Å². The van der Waals surface area contributed by atoms with Gasteiger partial charge in [0.25, 0.3) is 0 Å². The van der Waals surface area contributed by atoms with Crippen LogP contribution in [0.2, 0.25) is 0 Å². The van der Waals surface area contributed by atoms with Crippen LogP contribution in [0.5, 0.6) is 0 Å². The first kappa shape index (κ1) is 15.6. The zero-order valence-electron chi connectivity index (χ0n) is 13.4. The van der Waals surface area contributed by atoms with E-state index in [1.165, 1.54) is 31.4 Å². The summed E-state index contributed by atoms with van der Waals surface area (Å²) < 4.78 is 2.17. The summed E-state index contributed by atoms with van der Waals surface area (Å²) in [4.78, 5) is 0. The fraction of sp³-hybridized carbons (Fsp3) is 0.824. The van der Waals surface area contributed by atoms with E-state index in [9.17, 15) is 0 Å². The number of aromatic nitrogens is 2. The molecule has 2 rings (SSSR count). The summed E-state index contributed by atoms with van der Waals surface area (Å²) in [6.07, 6.45) is 11.0. The van der Waals surface area contributed by atoms with Crippen molar-refractivity contribution >= 4 is 0 Å². The highest BCUT2D eigenvalue weighted by Crippen LogP contribution is 2.34. The molecule has 0 radical (unpaired) electrons. The van der Waals surface area contributed by atoms with Gasteiger partial charge >= 0.3 is 0 Å². The van der Waals surface area contributed by atoms with Crippen LogP contribution in [0.25, 0.3) is 0 Å². The SMILES string of the molecule is CCCNC(Cc1ccn(C(CC)CC)n1)CC1CC1. The van der Waals surface area contributed by atoms with Crippen LogP contribution in [0, 0.1) is 5.92 Å². The van der Waals surface area contributed by atoms with E-state index in [1.807, 2.05) is 0 Å². The third kappa shape index (κ3) is 4.62. The second-order valence-corrected chi connectivity index (χ2v) is 6.29. The second-order valence-electron chi connectivity index (χ2n) is 6.29. The standard InChI is InChI=1S/C17H31N3/c1-4-10-18-16(12-14-7-8-14)13-15-9-11-20(19-15)17(5-2)6-3/h9,11,14,16-18H,4-8,10,12-13H2,1-3H3. The smallest absolute Gasteiger partial charge is 0.0640 e. The largest absolute Gasteiger partial charge is 0.314 e. The van der Waals surface area contributed by atoms with Crippen LogP contribution in [-0.2, 0) is 6.42 Å². The molecule has 3 heteroatoms. The molecule has 3 nitrogen and oxygen atoms in total. The molecule has 1 fully saturated rings. The summed E-state index contributed by atoms with van der Waals surface area (Å²) in [7, 11) is 0. The number of hydrogen-bond acceptors (Lipinski definition) is 2. The van der Waals surface area contributed by atoms with E-state index in [-0.39, 0.29) is 0 Å². The fourth-order valence-corrected chi connectivity index (χ4v) is 2.95. The molecule has 0 bridgehead atoms. The molecule has 0 aliphatic heterocycles. The van der Waals surface area contributed by atoms with Gasteiger partial charge < -0.3 is 5.32 Å². The summed E-state index contributed by atoms with van der Waals surface area (Å²) in [5.74, 6) is 0.977. The van der Waals surface area contributed by atoms with Crippen LogP contribution in [0.4, 0.5) is 0 Å². The molecule has 1 unspecified atom stereocenters. The lowest BCUT2D eigenvalue weighted by molar-refractivity contribution is 0.416. The Morgan fingerprint density at radius 1 is 1.30 bits per heavy atom. The molecule has 1 heterocycles. The van der Waals surface area contributed by atoms with Gasteiger partial charge in [-0.2, -0.15) is 5.10 Å². The molecule has 1 saturated carbocycles. The first-order valence-electron chi connectivity index (χ1n) is 8.54. The summed E-state index contributed by atoms with van der Waals surface area (Å²) >= 11 is 0. The normalized spacial score (nSPS) is 16.8. The Bertz CT molecular complexity index is 377. The Morgan fingerprint density at radius 2 is 2.05 bits per heavy atom. The molecule has 1 aliphatic carbocycles. The first-order chi connectivity index (χ1) is 9.76. The van der Waals surface area contributed by atoms with Crippen molar-refractivity contribution in [2.24, 2.45) is 5.92 Å². The van der Waals surface area contributed by atoms with Gasteiger partial charge in [0.2, 0.25) is 0 Å². The van der Waals surface area contributed by atoms with Crippen LogP contribution < -0.4 is 5.32 Å². The Kier molecular flexibility index (Phi) is 6.08. The predicted molar refractivity (Wildman–Crippen MR) is 85.0 cm³/mol. The first-order valence-corrected chi connectivity index (χ1v) is 8.54. The average Bonchev–Trinajstić information content (AvgIpc) is 3.15. The van der Waals surface area contributed by atoms with E-state index >= 15 is 0 Å². The van der Waals surface area contributed by atoms with Crippen molar-refractivity contribution < 1.29 is 0 Å². The minimum atomic E-state index is 0.564. The van der Waals surface area contributed by atoms with E-state index in [0.29, 0.717) is 12.1 Å². The predicted octanol–water partition coefficient (Wildman–Crippen LogP) is 3.96. The highest BCUT2D eigenvalue weighted by atomic mass is 15.3. The third-order valence-corrected chi connectivity index (χ3v) is 4.43. The zero-order chi connectivity index (χ0) is 14.4. The van der Waals surface area contributed by atoms with Gasteiger partial charge in [0.1, 0.15) is 0 Å². The van der Waals surface area contributed by atoms with Gasteiger partial charge in [-0.1, -0.05) is 33.6 Å². The van der Waals surface area contributed by atoms with Crippen molar-refractivity contribution in [3.8, 4) is 0 Å². The highest BCUT2D eigenvalue weighted by molar-refractivity contribution is 5.03. The molecule has 0 amide bonds. The minimum Gasteiger partial charge on any atom is -0.314 e. The monoisotopic (exact) mass is 277 g/mol. The summed E-state index contributed by atoms with van der Waals surface area (Å²) in [6, 6.07) is 3.40. The molecule has 0 spiro atoms. The third-order valence-electron chi connectivity index (χ3n) is 4.43. The van der Waals surface area contributed by atoms with E-state index in [4.69, 9.17) is 5.10 Å². The molecule has 114 valence electrons. The number of rotatable bonds is 10. The molecule has 1 N–H and O–H groups in total. The van der Waals surface area contributed by atoms with Crippen LogP contribution in [-0.4, -0.2) is 22.4 Å². The van der Waals surface area contributed by atoms with E-state index in [2.05, 4.69) is 43.0 Å². The summed E-state index contributed by atoms with van der Waals surface area (Å²) in [5, 5.41) is 8.51.